The van der Waals surface area contributed by atoms with E-state index in [1.807, 2.05) is 65.3 Å². The van der Waals surface area contributed by atoms with Crippen molar-refractivity contribution in [3.63, 3.8) is 0 Å². The van der Waals surface area contributed by atoms with Crippen molar-refractivity contribution in [3.8, 4) is 11.4 Å². The normalized spacial score (nSPS) is 10.8. The summed E-state index contributed by atoms with van der Waals surface area (Å²) in [5.41, 5.74) is 9.19. The van der Waals surface area contributed by atoms with Crippen molar-refractivity contribution >= 4 is 22.5 Å². The molecule has 26 heavy (non-hydrogen) atoms. The quantitative estimate of drug-likeness (QED) is 0.577. The van der Waals surface area contributed by atoms with Crippen LogP contribution >= 0.6 is 0 Å². The van der Waals surface area contributed by atoms with Crippen LogP contribution in [0.15, 0.2) is 66.9 Å². The Balaban J connectivity index is 1.66. The lowest BCUT2D eigenvalue weighted by atomic mass is 10.2. The first-order chi connectivity index (χ1) is 12.8. The molecule has 6 heteroatoms. The number of para-hydroxylation sites is 1. The van der Waals surface area contributed by atoms with Crippen molar-refractivity contribution in [2.45, 2.75) is 6.54 Å². The number of nitrogens with two attached hydrogens (primary N) is 1. The predicted molar refractivity (Wildman–Crippen MR) is 104 cm³/mol. The number of hydrogen-bond acceptors (Lipinski definition) is 5. The Morgan fingerprint density at radius 2 is 1.81 bits per heavy atom. The molecule has 6 nitrogen and oxygen atoms in total. The molecule has 0 amide bonds. The first-order valence-electron chi connectivity index (χ1n) is 8.31. The molecule has 130 valence electrons. The minimum absolute atomic E-state index is 0.453. The highest BCUT2D eigenvalue weighted by atomic mass is 16.5. The molecule has 0 fully saturated rings. The van der Waals surface area contributed by atoms with E-state index in [0.717, 1.165) is 33.7 Å². The molecule has 0 aliphatic heterocycles. The molecular weight excluding hydrogens is 326 g/mol. The first kappa shape index (κ1) is 16.0. The number of anilines is 2. The summed E-state index contributed by atoms with van der Waals surface area (Å²) in [5.74, 6) is 2.01. The molecule has 0 spiro atoms. The average Bonchev–Trinajstić information content (AvgIpc) is 3.05. The number of ether oxygens (including phenoxy) is 1. The largest absolute Gasteiger partial charge is 0.497 e. The fourth-order valence-corrected chi connectivity index (χ4v) is 2.92. The highest BCUT2D eigenvalue weighted by Crippen LogP contribution is 2.29. The van der Waals surface area contributed by atoms with Gasteiger partial charge >= 0.3 is 0 Å². The van der Waals surface area contributed by atoms with E-state index in [2.05, 4.69) is 15.4 Å². The van der Waals surface area contributed by atoms with E-state index < -0.39 is 0 Å². The number of nitrogens with one attached hydrogen (secondary N) is 1. The lowest BCUT2D eigenvalue weighted by Crippen LogP contribution is -2.02. The number of benzene rings is 2. The number of hydrogen-bond donors (Lipinski definition) is 2. The summed E-state index contributed by atoms with van der Waals surface area (Å²) in [7, 11) is 1.66. The van der Waals surface area contributed by atoms with Gasteiger partial charge in [0, 0.05) is 12.7 Å². The maximum Gasteiger partial charge on any atom is 0.157 e. The Morgan fingerprint density at radius 1 is 1.04 bits per heavy atom. The van der Waals surface area contributed by atoms with Crippen LogP contribution in [0.1, 0.15) is 5.56 Å². The van der Waals surface area contributed by atoms with Gasteiger partial charge in [0.25, 0.3) is 0 Å². The standard InChI is InChI=1S/C20H19N5O/c1-26-16-9-7-14(8-10-16)13-23-20-18-17(11-12-22-20)25(24-19(18)21)15-5-3-2-4-6-15/h2-12H,13H2,1H3,(H2,21,24)(H,22,23). The number of nitrogen functional groups attached to an aromatic ring is 1. The van der Waals surface area contributed by atoms with Gasteiger partial charge in [-0.25, -0.2) is 9.67 Å². The molecule has 0 radical (unpaired) electrons. The number of nitrogens with zero attached hydrogens (tertiary/aromatic N) is 3. The zero-order valence-electron chi connectivity index (χ0n) is 14.4. The Hall–Kier alpha value is -3.54. The SMILES string of the molecule is COc1ccc(CNc2nccc3c2c(N)nn3-c2ccccc2)cc1. The Bertz CT molecular complexity index is 1030. The van der Waals surface area contributed by atoms with Crippen molar-refractivity contribution < 1.29 is 4.74 Å². The van der Waals surface area contributed by atoms with Crippen LogP contribution in [0.2, 0.25) is 0 Å². The molecule has 0 unspecified atom stereocenters. The summed E-state index contributed by atoms with van der Waals surface area (Å²) < 4.78 is 7.03. The molecule has 0 saturated heterocycles. The molecule has 0 atom stereocenters. The molecule has 0 saturated carbocycles. The Kier molecular flexibility index (Phi) is 4.15. The predicted octanol–water partition coefficient (Wildman–Crippen LogP) is 3.62. The molecule has 0 bridgehead atoms. The molecule has 2 aromatic heterocycles. The first-order valence-corrected chi connectivity index (χ1v) is 8.31. The van der Waals surface area contributed by atoms with E-state index in [9.17, 15) is 0 Å². The van der Waals surface area contributed by atoms with Crippen LogP contribution in [0.4, 0.5) is 11.6 Å². The number of aromatic nitrogens is 3. The van der Waals surface area contributed by atoms with Gasteiger partial charge in [0.1, 0.15) is 11.6 Å². The van der Waals surface area contributed by atoms with Crippen molar-refractivity contribution in [1.29, 1.82) is 0 Å². The van der Waals surface area contributed by atoms with Gasteiger partial charge < -0.3 is 15.8 Å². The fourth-order valence-electron chi connectivity index (χ4n) is 2.92. The number of methoxy groups -OCH3 is 1. The zero-order chi connectivity index (χ0) is 17.9. The van der Waals surface area contributed by atoms with Gasteiger partial charge in [-0.15, -0.1) is 5.10 Å². The van der Waals surface area contributed by atoms with Crippen LogP contribution in [0.5, 0.6) is 5.75 Å². The second-order valence-electron chi connectivity index (χ2n) is 5.89. The Morgan fingerprint density at radius 3 is 2.54 bits per heavy atom. The van der Waals surface area contributed by atoms with E-state index in [1.165, 1.54) is 0 Å². The third-order valence-corrected chi connectivity index (χ3v) is 4.24. The van der Waals surface area contributed by atoms with Gasteiger partial charge in [-0.1, -0.05) is 30.3 Å². The third-order valence-electron chi connectivity index (χ3n) is 4.24. The number of rotatable bonds is 5. The molecule has 0 aliphatic carbocycles. The molecule has 2 aromatic carbocycles. The maximum absolute atomic E-state index is 6.19. The van der Waals surface area contributed by atoms with Crippen LogP contribution in [-0.4, -0.2) is 21.9 Å². The minimum Gasteiger partial charge on any atom is -0.497 e. The molecule has 2 heterocycles. The molecular formula is C20H19N5O. The van der Waals surface area contributed by atoms with Gasteiger partial charge in [-0.2, -0.15) is 0 Å². The van der Waals surface area contributed by atoms with Crippen LogP contribution in [0, 0.1) is 0 Å². The minimum atomic E-state index is 0.453. The van der Waals surface area contributed by atoms with Gasteiger partial charge in [0.15, 0.2) is 5.82 Å². The van der Waals surface area contributed by atoms with E-state index >= 15 is 0 Å². The summed E-state index contributed by atoms with van der Waals surface area (Å²) in [4.78, 5) is 4.45. The second-order valence-corrected chi connectivity index (χ2v) is 5.89. The van der Waals surface area contributed by atoms with Crippen molar-refractivity contribution in [2.75, 3.05) is 18.2 Å². The topological polar surface area (TPSA) is 78.0 Å². The lowest BCUT2D eigenvalue weighted by molar-refractivity contribution is 0.414. The van der Waals surface area contributed by atoms with Gasteiger partial charge in [-0.05, 0) is 35.9 Å². The van der Waals surface area contributed by atoms with E-state index in [1.54, 1.807) is 13.3 Å². The monoisotopic (exact) mass is 345 g/mol. The molecule has 3 N–H and O–H groups in total. The van der Waals surface area contributed by atoms with E-state index in [0.29, 0.717) is 12.4 Å². The van der Waals surface area contributed by atoms with Crippen LogP contribution in [-0.2, 0) is 6.54 Å². The van der Waals surface area contributed by atoms with Gasteiger partial charge in [0.05, 0.1) is 23.7 Å². The maximum atomic E-state index is 6.19. The van der Waals surface area contributed by atoms with E-state index in [-0.39, 0.29) is 0 Å². The van der Waals surface area contributed by atoms with Crippen LogP contribution in [0.3, 0.4) is 0 Å². The zero-order valence-corrected chi connectivity index (χ0v) is 14.4. The number of pyridine rings is 1. The van der Waals surface area contributed by atoms with Crippen molar-refractivity contribution in [1.82, 2.24) is 14.8 Å². The smallest absolute Gasteiger partial charge is 0.157 e. The summed E-state index contributed by atoms with van der Waals surface area (Å²) in [5, 5.41) is 8.68. The van der Waals surface area contributed by atoms with Gasteiger partial charge in [0.2, 0.25) is 0 Å². The average molecular weight is 345 g/mol. The second kappa shape index (κ2) is 6.76. The highest BCUT2D eigenvalue weighted by molar-refractivity contribution is 5.98. The molecule has 0 aliphatic rings. The van der Waals surface area contributed by atoms with E-state index in [4.69, 9.17) is 10.5 Å². The highest BCUT2D eigenvalue weighted by Gasteiger charge is 2.14. The summed E-state index contributed by atoms with van der Waals surface area (Å²) >= 11 is 0. The molecule has 4 aromatic rings. The van der Waals surface area contributed by atoms with Crippen molar-refractivity contribution in [3.05, 3.63) is 72.4 Å². The third kappa shape index (κ3) is 2.93. The van der Waals surface area contributed by atoms with Gasteiger partial charge in [-0.3, -0.25) is 0 Å². The fraction of sp³-hybridized carbons (Fsp3) is 0.100. The summed E-state index contributed by atoms with van der Waals surface area (Å²) in [6, 6.07) is 19.7. The van der Waals surface area contributed by atoms with Crippen LogP contribution in [0.25, 0.3) is 16.6 Å². The Labute approximate surface area is 151 Å². The van der Waals surface area contributed by atoms with Crippen LogP contribution < -0.4 is 15.8 Å². The van der Waals surface area contributed by atoms with Crippen molar-refractivity contribution in [2.24, 2.45) is 0 Å². The molecule has 4 rings (SSSR count). The summed E-state index contributed by atoms with van der Waals surface area (Å²) in [6.45, 7) is 0.631. The summed E-state index contributed by atoms with van der Waals surface area (Å²) in [6.07, 6.45) is 1.76. The lowest BCUT2D eigenvalue weighted by Gasteiger charge is -2.08. The number of fused-ring (bicyclic) bond motifs is 1.